The number of thioether (sulfide) groups is 1. The lowest BCUT2D eigenvalue weighted by molar-refractivity contribution is -0.384. The highest BCUT2D eigenvalue weighted by Gasteiger charge is 2.19. The molecule has 0 aliphatic heterocycles. The summed E-state index contributed by atoms with van der Waals surface area (Å²) in [5.74, 6) is -0.836. The monoisotopic (exact) mass is 430 g/mol. The number of hydrogen-bond donors (Lipinski definition) is 1. The van der Waals surface area contributed by atoms with Crippen molar-refractivity contribution in [3.05, 3.63) is 74.8 Å². The largest absolute Gasteiger partial charge is 0.465 e. The fraction of sp³-hybridized carbons (Fsp3) is 0.111. The first-order valence-corrected chi connectivity index (χ1v) is 9.96. The van der Waals surface area contributed by atoms with E-state index < -0.39 is 22.5 Å². The van der Waals surface area contributed by atoms with Gasteiger partial charge < -0.3 is 4.74 Å². The van der Waals surface area contributed by atoms with Crippen LogP contribution in [0.15, 0.2) is 53.4 Å². The van der Waals surface area contributed by atoms with Crippen molar-refractivity contribution in [2.24, 2.45) is 0 Å². The van der Waals surface area contributed by atoms with Gasteiger partial charge in [0.05, 0.1) is 23.3 Å². The molecule has 3 aromatic rings. The van der Waals surface area contributed by atoms with Gasteiger partial charge in [-0.2, -0.15) is 0 Å². The summed E-state index contributed by atoms with van der Waals surface area (Å²) in [7, 11) is 1.15. The van der Waals surface area contributed by atoms with Crippen LogP contribution in [-0.4, -0.2) is 34.1 Å². The number of nitrogens with one attached hydrogen (secondary N) is 1. The smallest absolute Gasteiger partial charge is 0.338 e. The van der Waals surface area contributed by atoms with Crippen molar-refractivity contribution in [3.8, 4) is 0 Å². The Bertz CT molecular complexity index is 1060. The van der Waals surface area contributed by atoms with E-state index in [0.717, 1.165) is 24.1 Å². The van der Waals surface area contributed by atoms with Gasteiger partial charge in [-0.15, -0.1) is 22.0 Å². The van der Waals surface area contributed by atoms with Gasteiger partial charge in [0.1, 0.15) is 5.01 Å². The first kappa shape index (κ1) is 20.4. The molecule has 0 aliphatic carbocycles. The Balaban J connectivity index is 1.71. The zero-order chi connectivity index (χ0) is 20.8. The molecule has 9 nitrogen and oxygen atoms in total. The van der Waals surface area contributed by atoms with E-state index in [1.807, 2.05) is 30.3 Å². The average molecular weight is 430 g/mol. The summed E-state index contributed by atoms with van der Waals surface area (Å²) in [6.45, 7) is 0. The molecule has 11 heteroatoms. The summed E-state index contributed by atoms with van der Waals surface area (Å²) < 4.78 is 4.57. The minimum absolute atomic E-state index is 0.0602. The van der Waals surface area contributed by atoms with Crippen molar-refractivity contribution in [2.45, 2.75) is 10.6 Å². The van der Waals surface area contributed by atoms with Crippen molar-refractivity contribution < 1.29 is 19.2 Å². The number of carbonyl (C=O) groups excluding carboxylic acids is 2. The molecular formula is C18H14N4O5S2. The van der Waals surface area contributed by atoms with Gasteiger partial charge in [-0.1, -0.05) is 29.5 Å². The molecule has 0 unspecified atom stereocenters. The van der Waals surface area contributed by atoms with Gasteiger partial charge in [0, 0.05) is 22.6 Å². The summed E-state index contributed by atoms with van der Waals surface area (Å²) in [6.07, 6.45) is 0. The van der Waals surface area contributed by atoms with Crippen LogP contribution in [0.4, 0.5) is 10.8 Å². The van der Waals surface area contributed by atoms with E-state index in [1.165, 1.54) is 17.4 Å². The molecule has 0 radical (unpaired) electrons. The molecule has 0 atom stereocenters. The van der Waals surface area contributed by atoms with Gasteiger partial charge in [-0.05, 0) is 18.2 Å². The maximum Gasteiger partial charge on any atom is 0.338 e. The van der Waals surface area contributed by atoms with Gasteiger partial charge in [0.2, 0.25) is 5.13 Å². The van der Waals surface area contributed by atoms with E-state index in [9.17, 15) is 19.7 Å². The first-order chi connectivity index (χ1) is 14.0. The fourth-order valence-corrected chi connectivity index (χ4v) is 3.92. The summed E-state index contributed by atoms with van der Waals surface area (Å²) in [6, 6.07) is 13.1. The summed E-state index contributed by atoms with van der Waals surface area (Å²) >= 11 is 2.78. The van der Waals surface area contributed by atoms with Crippen LogP contribution in [0.3, 0.4) is 0 Å². The highest BCUT2D eigenvalue weighted by molar-refractivity contribution is 7.98. The fourth-order valence-electron chi connectivity index (χ4n) is 2.28. The second-order valence-corrected chi connectivity index (χ2v) is 7.68. The maximum absolute atomic E-state index is 12.5. The van der Waals surface area contributed by atoms with Crippen LogP contribution >= 0.6 is 23.1 Å². The third-order valence-corrected chi connectivity index (χ3v) is 5.65. The molecule has 0 saturated carbocycles. The number of non-ortho nitro benzene ring substituents is 1. The minimum atomic E-state index is -0.779. The number of esters is 1. The zero-order valence-corrected chi connectivity index (χ0v) is 16.7. The molecule has 1 N–H and O–H groups in total. The van der Waals surface area contributed by atoms with Crippen LogP contribution in [0.5, 0.6) is 0 Å². The number of amides is 1. The van der Waals surface area contributed by atoms with Crippen LogP contribution in [-0.2, 0) is 10.5 Å². The van der Waals surface area contributed by atoms with Gasteiger partial charge in [-0.3, -0.25) is 20.2 Å². The molecule has 29 heavy (non-hydrogen) atoms. The van der Waals surface area contributed by atoms with Crippen molar-refractivity contribution in [1.82, 2.24) is 10.2 Å². The normalized spacial score (nSPS) is 10.4. The Kier molecular flexibility index (Phi) is 6.52. The first-order valence-electron chi connectivity index (χ1n) is 8.15. The summed E-state index contributed by atoms with van der Waals surface area (Å²) in [5, 5.41) is 22.6. The number of carbonyl (C=O) groups is 2. The average Bonchev–Trinajstić information content (AvgIpc) is 3.19. The third kappa shape index (κ3) is 5.36. The second-order valence-electron chi connectivity index (χ2n) is 5.57. The van der Waals surface area contributed by atoms with Crippen LogP contribution < -0.4 is 5.32 Å². The van der Waals surface area contributed by atoms with Crippen LogP contribution in [0.2, 0.25) is 0 Å². The lowest BCUT2D eigenvalue weighted by Crippen LogP contribution is -2.14. The quantitative estimate of drug-likeness (QED) is 0.260. The van der Waals surface area contributed by atoms with Crippen LogP contribution in [0, 0.1) is 10.1 Å². The Morgan fingerprint density at radius 2 is 1.90 bits per heavy atom. The number of ether oxygens (including phenoxy) is 1. The molecule has 0 bridgehead atoms. The number of nitrogens with zero attached hydrogens (tertiary/aromatic N) is 3. The molecule has 2 aromatic carbocycles. The van der Waals surface area contributed by atoms with Crippen LogP contribution in [0.25, 0.3) is 0 Å². The Labute approximate surface area is 173 Å². The minimum Gasteiger partial charge on any atom is -0.465 e. The lowest BCUT2D eigenvalue weighted by atomic mass is 10.1. The van der Waals surface area contributed by atoms with Crippen molar-refractivity contribution in [2.75, 3.05) is 12.4 Å². The summed E-state index contributed by atoms with van der Waals surface area (Å²) in [4.78, 5) is 35.7. The Morgan fingerprint density at radius 1 is 1.17 bits per heavy atom. The van der Waals surface area contributed by atoms with Gasteiger partial charge >= 0.3 is 5.97 Å². The third-order valence-electron chi connectivity index (χ3n) is 3.60. The Hall–Kier alpha value is -3.31. The standard InChI is InChI=1S/C18H14N4O5S2/c1-27-17(24)12-7-11(8-13(9-12)22(25)26)16(23)19-18-21-20-15(29-18)10-28-14-5-3-2-4-6-14/h2-9H,10H2,1H3,(H,19,21,23). The van der Waals surface area contributed by atoms with Gasteiger partial charge in [-0.25, -0.2) is 4.79 Å². The van der Waals surface area contributed by atoms with E-state index in [-0.39, 0.29) is 16.3 Å². The highest BCUT2D eigenvalue weighted by atomic mass is 32.2. The van der Waals surface area contributed by atoms with E-state index >= 15 is 0 Å². The van der Waals surface area contributed by atoms with Gasteiger partial charge in [0.15, 0.2) is 0 Å². The molecule has 0 fully saturated rings. The Morgan fingerprint density at radius 3 is 2.59 bits per heavy atom. The number of benzene rings is 2. The topological polar surface area (TPSA) is 124 Å². The van der Waals surface area contributed by atoms with Gasteiger partial charge in [0.25, 0.3) is 11.6 Å². The number of aromatic nitrogens is 2. The predicted octanol–water partition coefficient (Wildman–Crippen LogP) is 3.78. The van der Waals surface area contributed by atoms with E-state index in [4.69, 9.17) is 0 Å². The number of nitro groups is 1. The van der Waals surface area contributed by atoms with E-state index in [0.29, 0.717) is 10.8 Å². The van der Waals surface area contributed by atoms with Crippen molar-refractivity contribution in [1.29, 1.82) is 0 Å². The second kappa shape index (κ2) is 9.26. The van der Waals surface area contributed by atoms with Crippen molar-refractivity contribution in [3.63, 3.8) is 0 Å². The molecule has 1 aromatic heterocycles. The highest BCUT2D eigenvalue weighted by Crippen LogP contribution is 2.26. The molecule has 0 spiro atoms. The summed E-state index contributed by atoms with van der Waals surface area (Å²) in [5.41, 5.74) is -0.547. The number of hydrogen-bond acceptors (Lipinski definition) is 9. The molecule has 148 valence electrons. The van der Waals surface area contributed by atoms with E-state index in [1.54, 1.807) is 11.8 Å². The SMILES string of the molecule is COC(=O)c1cc(C(=O)Nc2nnc(CSc3ccccc3)s2)cc([N+](=O)[O-])c1. The molecule has 3 rings (SSSR count). The predicted molar refractivity (Wildman–Crippen MR) is 108 cm³/mol. The number of nitro benzene ring substituents is 1. The molecule has 1 amide bonds. The van der Waals surface area contributed by atoms with Crippen molar-refractivity contribution >= 4 is 45.8 Å². The number of rotatable bonds is 7. The zero-order valence-electron chi connectivity index (χ0n) is 15.0. The lowest BCUT2D eigenvalue weighted by Gasteiger charge is -2.04. The number of anilines is 1. The molecule has 1 heterocycles. The maximum atomic E-state index is 12.5. The van der Waals surface area contributed by atoms with Crippen LogP contribution in [0.1, 0.15) is 25.7 Å². The number of methoxy groups -OCH3 is 1. The molecule has 0 aliphatic rings. The molecule has 0 saturated heterocycles. The van der Waals surface area contributed by atoms with E-state index in [2.05, 4.69) is 20.3 Å². The molecular weight excluding hydrogens is 416 g/mol.